The number of carbonyl (C=O) groups excluding carboxylic acids is 1. The zero-order valence-corrected chi connectivity index (χ0v) is 17.7. The van der Waals surface area contributed by atoms with Crippen molar-refractivity contribution in [3.8, 4) is 0 Å². The van der Waals surface area contributed by atoms with Gasteiger partial charge in [0.25, 0.3) is 5.91 Å². The monoisotopic (exact) mass is 445 g/mol. The Labute approximate surface area is 183 Å². The first-order valence-electron chi connectivity index (χ1n) is 10.0. The maximum absolute atomic E-state index is 12.7. The van der Waals surface area contributed by atoms with Crippen molar-refractivity contribution in [3.05, 3.63) is 45.9 Å². The van der Waals surface area contributed by atoms with Crippen LogP contribution in [0.4, 0.5) is 17.5 Å². The third kappa shape index (κ3) is 4.54. The molecule has 1 N–H and O–H groups in total. The minimum Gasteiger partial charge on any atom is -0.390 e. The van der Waals surface area contributed by atoms with Crippen LogP contribution in [0.1, 0.15) is 16.1 Å². The molecule has 0 bridgehead atoms. The molecule has 0 radical (unpaired) electrons. The number of thioether (sulfide) groups is 1. The highest BCUT2D eigenvalue weighted by molar-refractivity contribution is 7.99. The summed E-state index contributed by atoms with van der Waals surface area (Å²) in [6.07, 6.45) is 3.18. The fraction of sp³-hybridized carbons (Fsp3) is 0.474. The number of nitrogens with zero attached hydrogens (tertiary/aromatic N) is 7. The van der Waals surface area contributed by atoms with Gasteiger partial charge >= 0.3 is 5.69 Å². The molecule has 164 valence electrons. The molecule has 2 aliphatic heterocycles. The molecule has 12 heteroatoms. The number of aliphatic hydroxyl groups is 1. The molecule has 0 unspecified atom stereocenters. The summed E-state index contributed by atoms with van der Waals surface area (Å²) in [7, 11) is 0. The Balaban J connectivity index is 1.56. The number of rotatable bonds is 5. The SMILES string of the molecule is O=C(c1ccncc1)N1CCN(c2nc(CO)c([N+](=O)[O-])c(N3CCSCC3)n2)CC1. The smallest absolute Gasteiger partial charge is 0.335 e. The number of amides is 1. The third-order valence-electron chi connectivity index (χ3n) is 5.35. The van der Waals surface area contributed by atoms with Gasteiger partial charge in [-0.05, 0) is 12.1 Å². The van der Waals surface area contributed by atoms with Crippen LogP contribution >= 0.6 is 11.8 Å². The fourth-order valence-corrected chi connectivity index (χ4v) is 4.60. The Bertz CT molecular complexity index is 948. The van der Waals surface area contributed by atoms with Crippen molar-refractivity contribution in [1.29, 1.82) is 0 Å². The summed E-state index contributed by atoms with van der Waals surface area (Å²) < 4.78 is 0. The zero-order valence-electron chi connectivity index (χ0n) is 16.9. The van der Waals surface area contributed by atoms with E-state index in [1.165, 1.54) is 0 Å². The summed E-state index contributed by atoms with van der Waals surface area (Å²) >= 11 is 1.79. The Morgan fingerprint density at radius 2 is 1.74 bits per heavy atom. The molecule has 2 aromatic heterocycles. The lowest BCUT2D eigenvalue weighted by atomic mass is 10.2. The molecule has 0 saturated carbocycles. The van der Waals surface area contributed by atoms with E-state index in [1.54, 1.807) is 41.2 Å². The Hall–Kier alpha value is -2.99. The predicted molar refractivity (Wildman–Crippen MR) is 117 cm³/mol. The molecular formula is C19H23N7O4S. The number of hydrogen-bond donors (Lipinski definition) is 1. The van der Waals surface area contributed by atoms with Crippen LogP contribution in [0.2, 0.25) is 0 Å². The van der Waals surface area contributed by atoms with E-state index in [4.69, 9.17) is 0 Å². The molecule has 4 heterocycles. The van der Waals surface area contributed by atoms with Gasteiger partial charge in [0, 0.05) is 68.7 Å². The Morgan fingerprint density at radius 3 is 2.35 bits per heavy atom. The molecule has 2 aromatic rings. The van der Waals surface area contributed by atoms with Crippen molar-refractivity contribution >= 4 is 35.1 Å². The number of carbonyl (C=O) groups is 1. The Morgan fingerprint density at radius 1 is 1.06 bits per heavy atom. The number of nitro groups is 1. The van der Waals surface area contributed by atoms with E-state index < -0.39 is 11.5 Å². The lowest BCUT2D eigenvalue weighted by Gasteiger charge is -2.35. The number of piperazine rings is 1. The fourth-order valence-electron chi connectivity index (χ4n) is 3.70. The number of aromatic nitrogens is 3. The van der Waals surface area contributed by atoms with E-state index in [1.807, 2.05) is 9.80 Å². The molecular weight excluding hydrogens is 422 g/mol. The quantitative estimate of drug-likeness (QED) is 0.521. The zero-order chi connectivity index (χ0) is 21.8. The topological polar surface area (TPSA) is 129 Å². The standard InChI is InChI=1S/C19H23N7O4S/c27-13-15-16(26(29)30)17(23-9-11-31-12-10-23)22-19(21-15)25-7-5-24(6-8-25)18(28)14-1-3-20-4-2-14/h1-4,27H,5-13H2. The maximum Gasteiger partial charge on any atom is 0.335 e. The molecule has 2 saturated heterocycles. The first-order chi connectivity index (χ1) is 15.1. The van der Waals surface area contributed by atoms with Crippen LogP contribution in [0.15, 0.2) is 24.5 Å². The van der Waals surface area contributed by atoms with Gasteiger partial charge in [-0.25, -0.2) is 4.98 Å². The normalized spacial score (nSPS) is 17.0. The maximum atomic E-state index is 12.7. The van der Waals surface area contributed by atoms with Crippen molar-refractivity contribution in [3.63, 3.8) is 0 Å². The van der Waals surface area contributed by atoms with Crippen LogP contribution < -0.4 is 9.80 Å². The largest absolute Gasteiger partial charge is 0.390 e. The predicted octanol–water partition coefficient (Wildman–Crippen LogP) is 0.788. The van der Waals surface area contributed by atoms with Gasteiger partial charge in [-0.2, -0.15) is 16.7 Å². The van der Waals surface area contributed by atoms with Gasteiger partial charge in [0.2, 0.25) is 11.8 Å². The second-order valence-corrected chi connectivity index (χ2v) is 8.40. The molecule has 31 heavy (non-hydrogen) atoms. The number of pyridine rings is 1. The molecule has 0 aliphatic carbocycles. The molecule has 0 spiro atoms. The van der Waals surface area contributed by atoms with Crippen molar-refractivity contribution < 1.29 is 14.8 Å². The van der Waals surface area contributed by atoms with Gasteiger partial charge in [0.1, 0.15) is 0 Å². The minimum absolute atomic E-state index is 0.0125. The van der Waals surface area contributed by atoms with Crippen LogP contribution in [0, 0.1) is 10.1 Å². The van der Waals surface area contributed by atoms with Gasteiger partial charge in [0.15, 0.2) is 5.69 Å². The van der Waals surface area contributed by atoms with Crippen LogP contribution in [0.5, 0.6) is 0 Å². The van der Waals surface area contributed by atoms with Gasteiger partial charge in [-0.15, -0.1) is 0 Å². The summed E-state index contributed by atoms with van der Waals surface area (Å²) in [5.74, 6) is 2.27. The minimum atomic E-state index is -0.540. The third-order valence-corrected chi connectivity index (χ3v) is 6.29. The average molecular weight is 446 g/mol. The molecule has 2 fully saturated rings. The molecule has 1 amide bonds. The summed E-state index contributed by atoms with van der Waals surface area (Å²) in [5, 5.41) is 21.5. The second kappa shape index (κ2) is 9.43. The second-order valence-electron chi connectivity index (χ2n) is 7.17. The van der Waals surface area contributed by atoms with E-state index in [2.05, 4.69) is 15.0 Å². The van der Waals surface area contributed by atoms with Crippen LogP contribution in [0.3, 0.4) is 0 Å². The van der Waals surface area contributed by atoms with Crippen molar-refractivity contribution in [2.75, 3.05) is 60.6 Å². The van der Waals surface area contributed by atoms with Crippen LogP contribution in [-0.4, -0.2) is 86.6 Å². The van der Waals surface area contributed by atoms with Crippen LogP contribution in [-0.2, 0) is 6.61 Å². The first-order valence-corrected chi connectivity index (χ1v) is 11.2. The van der Waals surface area contributed by atoms with Crippen LogP contribution in [0.25, 0.3) is 0 Å². The Kier molecular flexibility index (Phi) is 6.47. The summed E-state index contributed by atoms with van der Waals surface area (Å²) in [4.78, 5) is 42.2. The average Bonchev–Trinajstić information content (AvgIpc) is 2.83. The number of hydrogen-bond acceptors (Lipinski definition) is 10. The van der Waals surface area contributed by atoms with Crippen molar-refractivity contribution in [2.24, 2.45) is 0 Å². The molecule has 4 rings (SSSR count). The lowest BCUT2D eigenvalue weighted by Crippen LogP contribution is -2.49. The van der Waals surface area contributed by atoms with E-state index in [-0.39, 0.29) is 23.1 Å². The van der Waals surface area contributed by atoms with E-state index in [0.717, 1.165) is 11.5 Å². The molecule has 0 atom stereocenters. The molecule has 2 aliphatic rings. The van der Waals surface area contributed by atoms with Gasteiger partial charge in [-0.3, -0.25) is 19.9 Å². The van der Waals surface area contributed by atoms with Gasteiger partial charge in [0.05, 0.1) is 11.5 Å². The van der Waals surface area contributed by atoms with Gasteiger partial charge < -0.3 is 19.8 Å². The highest BCUT2D eigenvalue weighted by Gasteiger charge is 2.31. The lowest BCUT2D eigenvalue weighted by molar-refractivity contribution is -0.385. The summed E-state index contributed by atoms with van der Waals surface area (Å²) in [6.45, 7) is 2.71. The van der Waals surface area contributed by atoms with Crippen molar-refractivity contribution in [1.82, 2.24) is 19.9 Å². The van der Waals surface area contributed by atoms with Gasteiger partial charge in [-0.1, -0.05) is 0 Å². The van der Waals surface area contributed by atoms with E-state index in [9.17, 15) is 20.0 Å². The summed E-state index contributed by atoms with van der Waals surface area (Å²) in [5.41, 5.74) is 0.367. The van der Waals surface area contributed by atoms with E-state index >= 15 is 0 Å². The highest BCUT2D eigenvalue weighted by Crippen LogP contribution is 2.33. The number of anilines is 2. The first kappa shape index (κ1) is 21.2. The van der Waals surface area contributed by atoms with E-state index in [0.29, 0.717) is 50.8 Å². The highest BCUT2D eigenvalue weighted by atomic mass is 32.2. The molecule has 11 nitrogen and oxygen atoms in total. The molecule has 0 aromatic carbocycles. The van der Waals surface area contributed by atoms with Crippen molar-refractivity contribution in [2.45, 2.75) is 6.61 Å². The number of aliphatic hydroxyl groups excluding tert-OH is 1. The summed E-state index contributed by atoms with van der Waals surface area (Å²) in [6, 6.07) is 3.37.